The largest absolute Gasteiger partial charge is 0.497 e. The van der Waals surface area contributed by atoms with Gasteiger partial charge in [-0.2, -0.15) is 5.10 Å². The highest BCUT2D eigenvalue weighted by molar-refractivity contribution is 7.92. The lowest BCUT2D eigenvalue weighted by atomic mass is 10.1. The SMILES string of the molecule is COc1ccc(S(=O)(=O)N(CC(=O)N/N=C(/C)c2cccc(NC(=O)c3cccc(Cl)c3)c2)c2ccc(Cl)cc2)cc1. The van der Waals surface area contributed by atoms with Gasteiger partial charge in [-0.15, -0.1) is 0 Å². The van der Waals surface area contributed by atoms with Crippen LogP contribution in [-0.4, -0.2) is 39.6 Å². The number of hydrogen-bond donors (Lipinski definition) is 2. The summed E-state index contributed by atoms with van der Waals surface area (Å²) >= 11 is 12.0. The maximum Gasteiger partial charge on any atom is 0.264 e. The third-order valence-electron chi connectivity index (χ3n) is 6.02. The standard InChI is InChI=1S/C30H26Cl2N4O5S/c1-20(21-5-4-8-25(18-21)33-30(38)22-6-3-7-24(32)17-22)34-35-29(37)19-36(26-11-9-23(31)10-12-26)42(39,40)28-15-13-27(41-2)14-16-28/h3-18H,19H2,1-2H3,(H,33,38)(H,35,37)/b34-20-. The molecule has 0 bridgehead atoms. The zero-order valence-corrected chi connectivity index (χ0v) is 24.9. The summed E-state index contributed by atoms with van der Waals surface area (Å²) in [6, 6.07) is 25.4. The molecule has 0 saturated carbocycles. The second-order valence-electron chi connectivity index (χ2n) is 8.94. The summed E-state index contributed by atoms with van der Waals surface area (Å²) in [5, 5.41) is 7.81. The molecule has 4 rings (SSSR count). The van der Waals surface area contributed by atoms with Gasteiger partial charge in [0, 0.05) is 21.3 Å². The number of amides is 2. The topological polar surface area (TPSA) is 117 Å². The lowest BCUT2D eigenvalue weighted by Crippen LogP contribution is -2.39. The summed E-state index contributed by atoms with van der Waals surface area (Å²) in [6.45, 7) is 1.12. The number of nitrogens with one attached hydrogen (secondary N) is 2. The minimum absolute atomic E-state index is 0.0256. The minimum Gasteiger partial charge on any atom is -0.497 e. The van der Waals surface area contributed by atoms with Crippen LogP contribution in [0.3, 0.4) is 0 Å². The first kappa shape index (κ1) is 30.6. The number of rotatable bonds is 10. The van der Waals surface area contributed by atoms with Crippen molar-refractivity contribution in [3.05, 3.63) is 118 Å². The van der Waals surface area contributed by atoms with E-state index in [9.17, 15) is 18.0 Å². The van der Waals surface area contributed by atoms with Crippen LogP contribution in [0, 0.1) is 0 Å². The summed E-state index contributed by atoms with van der Waals surface area (Å²) in [4.78, 5) is 25.5. The predicted molar refractivity (Wildman–Crippen MR) is 165 cm³/mol. The van der Waals surface area contributed by atoms with Gasteiger partial charge in [0.25, 0.3) is 21.8 Å². The molecule has 0 unspecified atom stereocenters. The van der Waals surface area contributed by atoms with Gasteiger partial charge in [-0.05, 0) is 91.3 Å². The Morgan fingerprint density at radius 1 is 0.857 bits per heavy atom. The van der Waals surface area contributed by atoms with Crippen molar-refractivity contribution in [1.82, 2.24) is 5.43 Å². The van der Waals surface area contributed by atoms with E-state index in [1.165, 1.54) is 55.6 Å². The van der Waals surface area contributed by atoms with Crippen LogP contribution in [-0.2, 0) is 14.8 Å². The Bertz CT molecular complexity index is 1730. The molecule has 0 saturated heterocycles. The maximum atomic E-state index is 13.6. The fourth-order valence-electron chi connectivity index (χ4n) is 3.83. The number of halogens is 2. The van der Waals surface area contributed by atoms with Gasteiger partial charge in [-0.25, -0.2) is 13.8 Å². The number of methoxy groups -OCH3 is 1. The van der Waals surface area contributed by atoms with Crippen molar-refractivity contribution in [3.8, 4) is 5.75 Å². The summed E-state index contributed by atoms with van der Waals surface area (Å²) in [7, 11) is -2.67. The Kier molecular flexibility index (Phi) is 9.84. The maximum absolute atomic E-state index is 13.6. The number of nitrogens with zero attached hydrogens (tertiary/aromatic N) is 2. The van der Waals surface area contributed by atoms with Gasteiger partial charge in [-0.3, -0.25) is 13.9 Å². The molecule has 2 N–H and O–H groups in total. The molecule has 0 spiro atoms. The van der Waals surface area contributed by atoms with Crippen molar-refractivity contribution in [2.24, 2.45) is 5.10 Å². The van der Waals surface area contributed by atoms with Gasteiger partial charge in [0.1, 0.15) is 12.3 Å². The number of carbonyl (C=O) groups excluding carboxylic acids is 2. The number of hydrazone groups is 1. The summed E-state index contributed by atoms with van der Waals surface area (Å²) < 4.78 is 33.2. The molecule has 216 valence electrons. The molecule has 0 fully saturated rings. The van der Waals surface area contributed by atoms with Crippen LogP contribution in [0.2, 0.25) is 10.0 Å². The molecule has 2 amide bonds. The number of anilines is 2. The van der Waals surface area contributed by atoms with E-state index in [1.54, 1.807) is 55.5 Å². The van der Waals surface area contributed by atoms with Crippen LogP contribution in [0.1, 0.15) is 22.8 Å². The Labute approximate surface area is 253 Å². The monoisotopic (exact) mass is 624 g/mol. The highest BCUT2D eigenvalue weighted by Gasteiger charge is 2.27. The second kappa shape index (κ2) is 13.5. The highest BCUT2D eigenvalue weighted by Crippen LogP contribution is 2.26. The lowest BCUT2D eigenvalue weighted by molar-refractivity contribution is -0.119. The molecule has 12 heteroatoms. The van der Waals surface area contributed by atoms with Crippen molar-refractivity contribution < 1.29 is 22.7 Å². The zero-order valence-electron chi connectivity index (χ0n) is 22.5. The van der Waals surface area contributed by atoms with Crippen molar-refractivity contribution in [1.29, 1.82) is 0 Å². The van der Waals surface area contributed by atoms with E-state index in [0.717, 1.165) is 4.31 Å². The highest BCUT2D eigenvalue weighted by atomic mass is 35.5. The number of hydrogen-bond acceptors (Lipinski definition) is 6. The van der Waals surface area contributed by atoms with E-state index in [2.05, 4.69) is 15.8 Å². The third kappa shape index (κ3) is 7.67. The van der Waals surface area contributed by atoms with Crippen LogP contribution in [0.25, 0.3) is 0 Å². The molecule has 0 aliphatic rings. The van der Waals surface area contributed by atoms with Crippen molar-refractivity contribution in [2.45, 2.75) is 11.8 Å². The summed E-state index contributed by atoms with van der Waals surface area (Å²) in [5.74, 6) is -0.521. The van der Waals surface area contributed by atoms with E-state index < -0.39 is 22.5 Å². The van der Waals surface area contributed by atoms with Crippen LogP contribution in [0.4, 0.5) is 11.4 Å². The molecule has 4 aromatic rings. The lowest BCUT2D eigenvalue weighted by Gasteiger charge is -2.24. The van der Waals surface area contributed by atoms with E-state index in [0.29, 0.717) is 38.3 Å². The molecule has 0 aliphatic carbocycles. The van der Waals surface area contributed by atoms with E-state index in [4.69, 9.17) is 27.9 Å². The second-order valence-corrected chi connectivity index (χ2v) is 11.7. The number of benzene rings is 4. The first-order valence-electron chi connectivity index (χ1n) is 12.5. The van der Waals surface area contributed by atoms with Crippen molar-refractivity contribution >= 4 is 62.1 Å². The fourth-order valence-corrected chi connectivity index (χ4v) is 5.57. The van der Waals surface area contributed by atoms with Gasteiger partial charge >= 0.3 is 0 Å². The molecular weight excluding hydrogens is 599 g/mol. The Hall–Kier alpha value is -4.38. The van der Waals surface area contributed by atoms with Crippen LogP contribution >= 0.6 is 23.2 Å². The van der Waals surface area contributed by atoms with E-state index in [1.807, 2.05) is 0 Å². The van der Waals surface area contributed by atoms with Crippen molar-refractivity contribution in [2.75, 3.05) is 23.3 Å². The van der Waals surface area contributed by atoms with Gasteiger partial charge in [-0.1, -0.05) is 41.4 Å². The molecule has 0 aliphatic heterocycles. The molecular formula is C30H26Cl2N4O5S. The Morgan fingerprint density at radius 3 is 2.19 bits per heavy atom. The molecule has 0 heterocycles. The van der Waals surface area contributed by atoms with Gasteiger partial charge in [0.2, 0.25) is 0 Å². The Morgan fingerprint density at radius 2 is 1.52 bits per heavy atom. The number of carbonyl (C=O) groups is 2. The van der Waals surface area contributed by atoms with Gasteiger partial charge in [0.05, 0.1) is 23.4 Å². The van der Waals surface area contributed by atoms with E-state index >= 15 is 0 Å². The Balaban J connectivity index is 1.50. The van der Waals surface area contributed by atoms with Crippen LogP contribution < -0.4 is 19.8 Å². The third-order valence-corrected chi connectivity index (χ3v) is 8.30. The number of ether oxygens (including phenoxy) is 1. The normalized spacial score (nSPS) is 11.5. The molecule has 4 aromatic carbocycles. The quantitative estimate of drug-likeness (QED) is 0.166. The zero-order chi connectivity index (χ0) is 30.3. The minimum atomic E-state index is -4.14. The molecule has 42 heavy (non-hydrogen) atoms. The van der Waals surface area contributed by atoms with Crippen LogP contribution in [0.5, 0.6) is 5.75 Å². The molecule has 0 atom stereocenters. The van der Waals surface area contributed by atoms with Crippen molar-refractivity contribution in [3.63, 3.8) is 0 Å². The molecule has 0 aromatic heterocycles. The molecule has 9 nitrogen and oxygen atoms in total. The van der Waals surface area contributed by atoms with Gasteiger partial charge in [0.15, 0.2) is 0 Å². The summed E-state index contributed by atoms with van der Waals surface area (Å²) in [5.41, 5.74) is 4.63. The van der Waals surface area contributed by atoms with Gasteiger partial charge < -0.3 is 10.1 Å². The summed E-state index contributed by atoms with van der Waals surface area (Å²) in [6.07, 6.45) is 0. The van der Waals surface area contributed by atoms with E-state index in [-0.39, 0.29) is 16.5 Å². The average Bonchev–Trinajstić information content (AvgIpc) is 2.99. The first-order chi connectivity index (χ1) is 20.1. The fraction of sp³-hybridized carbons (Fsp3) is 0.100. The predicted octanol–water partition coefficient (Wildman–Crippen LogP) is 5.99. The average molecular weight is 626 g/mol. The smallest absolute Gasteiger partial charge is 0.264 e. The van der Waals surface area contributed by atoms with Crippen LogP contribution in [0.15, 0.2) is 107 Å². The number of sulfonamides is 1. The first-order valence-corrected chi connectivity index (χ1v) is 14.7. The molecule has 0 radical (unpaired) electrons.